The number of ether oxygens (including phenoxy) is 2. The van der Waals surface area contributed by atoms with Crippen LogP contribution in [0.3, 0.4) is 0 Å². The van der Waals surface area contributed by atoms with E-state index in [0.29, 0.717) is 40.8 Å². The molecular weight excluding hydrogens is 460 g/mol. The third-order valence-electron chi connectivity index (χ3n) is 5.68. The summed E-state index contributed by atoms with van der Waals surface area (Å²) in [6.45, 7) is 4.93. The maximum absolute atomic E-state index is 13.1. The molecule has 0 spiro atoms. The van der Waals surface area contributed by atoms with Gasteiger partial charge in [0.15, 0.2) is 11.5 Å². The molecule has 180 valence electrons. The molecule has 2 amide bonds. The molecule has 0 fully saturated rings. The Kier molecular flexibility index (Phi) is 7.46. The zero-order valence-corrected chi connectivity index (χ0v) is 21.1. The number of fused-ring (bicyclic) bond motifs is 1. The van der Waals surface area contributed by atoms with Crippen LogP contribution in [0, 0.1) is 6.92 Å². The Balaban J connectivity index is 1.52. The highest BCUT2D eigenvalue weighted by Crippen LogP contribution is 2.42. The highest BCUT2D eigenvalue weighted by Gasteiger charge is 2.27. The number of methoxy groups -OCH3 is 1. The van der Waals surface area contributed by atoms with E-state index >= 15 is 0 Å². The summed E-state index contributed by atoms with van der Waals surface area (Å²) in [7, 11) is 3.31. The first-order valence-corrected chi connectivity index (χ1v) is 12.2. The van der Waals surface area contributed by atoms with Crippen LogP contribution in [-0.2, 0) is 11.3 Å². The number of amides is 2. The van der Waals surface area contributed by atoms with E-state index < -0.39 is 0 Å². The van der Waals surface area contributed by atoms with Gasteiger partial charge in [0.2, 0.25) is 0 Å². The first-order chi connectivity index (χ1) is 16.9. The molecule has 0 bridgehead atoms. The van der Waals surface area contributed by atoms with Gasteiger partial charge in [-0.15, -0.1) is 0 Å². The zero-order valence-electron chi connectivity index (χ0n) is 20.3. The molecule has 1 N–H and O–H groups in total. The van der Waals surface area contributed by atoms with Crippen LogP contribution in [0.15, 0.2) is 70.5 Å². The topological polar surface area (TPSA) is 67.9 Å². The van der Waals surface area contributed by atoms with Crippen molar-refractivity contribution in [2.75, 3.05) is 25.7 Å². The van der Waals surface area contributed by atoms with Crippen molar-refractivity contribution in [1.82, 2.24) is 5.32 Å². The number of nitrogens with one attached hydrogen (secondary N) is 1. The summed E-state index contributed by atoms with van der Waals surface area (Å²) in [6, 6.07) is 19.1. The number of hydrogen-bond donors (Lipinski definition) is 1. The standard InChI is InChI=1S/C28H28N2O4S/c1-5-34-23-12-10-20(14-24(23)33-4)15-26-28(32)30(3)22-16-21(11-13-25(22)35-26)27(31)29-17-19-8-6-18(2)7-9-19/h6-16H,5,17H2,1-4H3,(H,29,31)/b26-15+. The van der Waals surface area contributed by atoms with Crippen molar-refractivity contribution in [3.63, 3.8) is 0 Å². The fourth-order valence-corrected chi connectivity index (χ4v) is 4.82. The lowest BCUT2D eigenvalue weighted by atomic mass is 10.1. The summed E-state index contributed by atoms with van der Waals surface area (Å²) in [4.78, 5) is 28.9. The summed E-state index contributed by atoms with van der Waals surface area (Å²) in [5.41, 5.74) is 4.27. The second kappa shape index (κ2) is 10.7. The Morgan fingerprint density at radius 1 is 1.06 bits per heavy atom. The molecular formula is C28H28N2O4S. The SMILES string of the molecule is CCOc1ccc(/C=C2/Sc3ccc(C(=O)NCc4ccc(C)cc4)cc3N(C)C2=O)cc1OC. The molecule has 3 aromatic rings. The van der Waals surface area contributed by atoms with Crippen LogP contribution in [0.5, 0.6) is 11.5 Å². The number of hydrogen-bond acceptors (Lipinski definition) is 5. The van der Waals surface area contributed by atoms with Crippen molar-refractivity contribution in [3.8, 4) is 11.5 Å². The maximum Gasteiger partial charge on any atom is 0.264 e. The van der Waals surface area contributed by atoms with Crippen molar-refractivity contribution in [1.29, 1.82) is 0 Å². The predicted octanol–water partition coefficient (Wildman–Crippen LogP) is 5.44. The highest BCUT2D eigenvalue weighted by atomic mass is 32.2. The number of carbonyl (C=O) groups excluding carboxylic acids is 2. The van der Waals surface area contributed by atoms with Gasteiger partial charge >= 0.3 is 0 Å². The number of aryl methyl sites for hydroxylation is 1. The number of thioether (sulfide) groups is 1. The number of benzene rings is 3. The second-order valence-corrected chi connectivity index (χ2v) is 9.25. The van der Waals surface area contributed by atoms with E-state index in [2.05, 4.69) is 5.32 Å². The van der Waals surface area contributed by atoms with Gasteiger partial charge in [0.1, 0.15) is 0 Å². The van der Waals surface area contributed by atoms with E-state index in [0.717, 1.165) is 16.0 Å². The number of nitrogens with zero attached hydrogens (tertiary/aromatic N) is 1. The summed E-state index contributed by atoms with van der Waals surface area (Å²) in [5, 5.41) is 2.95. The molecule has 0 aliphatic carbocycles. The Bertz CT molecular complexity index is 1280. The molecule has 7 heteroatoms. The first kappa shape index (κ1) is 24.4. The van der Waals surface area contributed by atoms with Gasteiger partial charge in [-0.05, 0) is 61.4 Å². The van der Waals surface area contributed by atoms with Crippen molar-refractivity contribution in [2.24, 2.45) is 0 Å². The third kappa shape index (κ3) is 5.52. The fraction of sp³-hybridized carbons (Fsp3) is 0.214. The smallest absolute Gasteiger partial charge is 0.264 e. The second-order valence-electron chi connectivity index (χ2n) is 8.17. The number of rotatable bonds is 7. The van der Waals surface area contributed by atoms with Crippen LogP contribution < -0.4 is 19.7 Å². The largest absolute Gasteiger partial charge is 0.493 e. The van der Waals surface area contributed by atoms with Gasteiger partial charge in [-0.1, -0.05) is 47.7 Å². The van der Waals surface area contributed by atoms with Crippen LogP contribution in [-0.4, -0.2) is 32.6 Å². The summed E-state index contributed by atoms with van der Waals surface area (Å²) >= 11 is 1.39. The third-order valence-corrected chi connectivity index (χ3v) is 6.75. The van der Waals surface area contributed by atoms with Gasteiger partial charge in [0.05, 0.1) is 24.3 Å². The van der Waals surface area contributed by atoms with E-state index in [4.69, 9.17) is 9.47 Å². The lowest BCUT2D eigenvalue weighted by molar-refractivity contribution is -0.114. The lowest BCUT2D eigenvalue weighted by Crippen LogP contribution is -2.31. The molecule has 0 unspecified atom stereocenters. The molecule has 1 aliphatic heterocycles. The van der Waals surface area contributed by atoms with Gasteiger partial charge in [0, 0.05) is 24.1 Å². The molecule has 3 aromatic carbocycles. The van der Waals surface area contributed by atoms with E-state index in [-0.39, 0.29) is 11.8 Å². The van der Waals surface area contributed by atoms with Crippen molar-refractivity contribution in [2.45, 2.75) is 25.3 Å². The van der Waals surface area contributed by atoms with Crippen molar-refractivity contribution >= 4 is 35.3 Å². The van der Waals surface area contributed by atoms with Gasteiger partial charge in [-0.3, -0.25) is 9.59 Å². The molecule has 4 rings (SSSR count). The van der Waals surface area contributed by atoms with Crippen LogP contribution in [0.4, 0.5) is 5.69 Å². The van der Waals surface area contributed by atoms with Crippen molar-refractivity contribution in [3.05, 3.63) is 87.8 Å². The van der Waals surface area contributed by atoms with E-state index in [1.54, 1.807) is 31.2 Å². The van der Waals surface area contributed by atoms with Gasteiger partial charge in [0.25, 0.3) is 11.8 Å². The first-order valence-electron chi connectivity index (χ1n) is 11.4. The Morgan fingerprint density at radius 2 is 1.83 bits per heavy atom. The van der Waals surface area contributed by atoms with Gasteiger partial charge < -0.3 is 19.7 Å². The normalized spacial score (nSPS) is 14.0. The van der Waals surface area contributed by atoms with Gasteiger partial charge in [-0.25, -0.2) is 0 Å². The lowest BCUT2D eigenvalue weighted by Gasteiger charge is -2.27. The zero-order chi connectivity index (χ0) is 24.9. The van der Waals surface area contributed by atoms with Crippen LogP contribution in [0.25, 0.3) is 6.08 Å². The molecule has 0 saturated carbocycles. The fourth-order valence-electron chi connectivity index (χ4n) is 3.73. The molecule has 0 radical (unpaired) electrons. The molecule has 0 saturated heterocycles. The van der Waals surface area contributed by atoms with Crippen LogP contribution in [0.2, 0.25) is 0 Å². The quantitative estimate of drug-likeness (QED) is 0.449. The minimum Gasteiger partial charge on any atom is -0.493 e. The predicted molar refractivity (Wildman–Crippen MR) is 140 cm³/mol. The number of likely N-dealkylation sites (N-methyl/N-ethyl adjacent to an activating group) is 1. The molecule has 0 atom stereocenters. The van der Waals surface area contributed by atoms with E-state index in [1.807, 2.05) is 68.5 Å². The molecule has 6 nitrogen and oxygen atoms in total. The van der Waals surface area contributed by atoms with Crippen LogP contribution in [0.1, 0.15) is 34.0 Å². The Labute approximate surface area is 209 Å². The summed E-state index contributed by atoms with van der Waals surface area (Å²) in [5.74, 6) is 0.967. The summed E-state index contributed by atoms with van der Waals surface area (Å²) < 4.78 is 11.0. The number of carbonyl (C=O) groups is 2. The van der Waals surface area contributed by atoms with E-state index in [9.17, 15) is 9.59 Å². The summed E-state index contributed by atoms with van der Waals surface area (Å²) in [6.07, 6.45) is 1.84. The Morgan fingerprint density at radius 3 is 2.54 bits per heavy atom. The minimum absolute atomic E-state index is 0.132. The maximum atomic E-state index is 13.1. The monoisotopic (exact) mass is 488 g/mol. The molecule has 35 heavy (non-hydrogen) atoms. The molecule has 0 aromatic heterocycles. The minimum atomic E-state index is -0.179. The average Bonchev–Trinajstić information content (AvgIpc) is 2.87. The number of anilines is 1. The highest BCUT2D eigenvalue weighted by molar-refractivity contribution is 8.04. The van der Waals surface area contributed by atoms with Gasteiger partial charge in [-0.2, -0.15) is 0 Å². The van der Waals surface area contributed by atoms with Crippen LogP contribution >= 0.6 is 11.8 Å². The Hall–Kier alpha value is -3.71. The molecule has 1 aliphatic rings. The average molecular weight is 489 g/mol. The van der Waals surface area contributed by atoms with E-state index in [1.165, 1.54) is 17.3 Å². The molecule has 1 heterocycles. The van der Waals surface area contributed by atoms with Crippen molar-refractivity contribution < 1.29 is 19.1 Å².